The number of aryl methyl sites for hydroxylation is 1. The predicted octanol–water partition coefficient (Wildman–Crippen LogP) is 2.43. The molecule has 3 heteroatoms. The van der Waals surface area contributed by atoms with Crippen LogP contribution in [-0.2, 0) is 4.74 Å². The molecule has 1 aromatic carbocycles. The highest BCUT2D eigenvalue weighted by molar-refractivity contribution is 5.23. The molecule has 2 fully saturated rings. The molecule has 4 atom stereocenters. The Morgan fingerprint density at radius 1 is 1.35 bits per heavy atom. The lowest BCUT2D eigenvalue weighted by atomic mass is 9.57. The van der Waals surface area contributed by atoms with Crippen molar-refractivity contribution >= 4 is 0 Å². The number of hydrogen-bond donors (Lipinski definition) is 2. The summed E-state index contributed by atoms with van der Waals surface area (Å²) in [4.78, 5) is 0. The van der Waals surface area contributed by atoms with Crippen LogP contribution in [0.2, 0.25) is 0 Å². The Kier molecular flexibility index (Phi) is 3.61. The average molecular weight is 275 g/mol. The van der Waals surface area contributed by atoms with Crippen molar-refractivity contribution in [1.29, 1.82) is 0 Å². The van der Waals surface area contributed by atoms with Crippen LogP contribution in [0, 0.1) is 18.3 Å². The zero-order valence-electron chi connectivity index (χ0n) is 12.6. The summed E-state index contributed by atoms with van der Waals surface area (Å²) in [5.74, 6) is 0.621. The van der Waals surface area contributed by atoms with Crippen LogP contribution < -0.4 is 5.32 Å². The van der Waals surface area contributed by atoms with E-state index in [9.17, 15) is 5.11 Å². The van der Waals surface area contributed by atoms with Gasteiger partial charge in [0, 0.05) is 30.5 Å². The molecule has 1 saturated carbocycles. The molecule has 0 radical (unpaired) electrons. The van der Waals surface area contributed by atoms with Crippen LogP contribution in [0.1, 0.15) is 37.5 Å². The summed E-state index contributed by atoms with van der Waals surface area (Å²) in [6, 6.07) is 8.57. The highest BCUT2D eigenvalue weighted by Crippen LogP contribution is 2.52. The first-order chi connectivity index (χ1) is 9.50. The molecule has 2 aliphatic rings. The number of ether oxygens (including phenoxy) is 1. The van der Waals surface area contributed by atoms with Crippen LogP contribution in [0.25, 0.3) is 0 Å². The van der Waals surface area contributed by atoms with Crippen molar-refractivity contribution in [3.8, 4) is 0 Å². The maximum Gasteiger partial charge on any atom is 0.0914 e. The van der Waals surface area contributed by atoms with Gasteiger partial charge in [0.1, 0.15) is 0 Å². The highest BCUT2D eigenvalue weighted by atomic mass is 16.5. The van der Waals surface area contributed by atoms with E-state index in [1.54, 1.807) is 0 Å². The first-order valence-corrected chi connectivity index (χ1v) is 7.60. The Balaban J connectivity index is 1.58. The Hall–Kier alpha value is -0.900. The Morgan fingerprint density at radius 2 is 2.05 bits per heavy atom. The van der Waals surface area contributed by atoms with Gasteiger partial charge in [0.25, 0.3) is 0 Å². The number of aliphatic hydroxyl groups is 1. The fraction of sp³-hybridized carbons (Fsp3) is 0.647. The predicted molar refractivity (Wildman–Crippen MR) is 79.6 cm³/mol. The number of aliphatic hydroxyl groups excluding tert-OH is 1. The standard InChI is InChI=1S/C17H25NO2/c1-11-4-6-12(7-5-11)14(19)10-18-15-13-8-9-20-16(13)17(15,2)3/h4-7,13-16,18-19H,8-10H2,1-3H3/t13-,14+,15+,16+/m0/s1. The summed E-state index contributed by atoms with van der Waals surface area (Å²) in [7, 11) is 0. The van der Waals surface area contributed by atoms with Gasteiger partial charge in [-0.2, -0.15) is 0 Å². The van der Waals surface area contributed by atoms with E-state index >= 15 is 0 Å². The van der Waals surface area contributed by atoms with Crippen LogP contribution in [-0.4, -0.2) is 30.4 Å². The Morgan fingerprint density at radius 3 is 2.75 bits per heavy atom. The minimum absolute atomic E-state index is 0.175. The molecule has 0 aromatic heterocycles. The summed E-state index contributed by atoms with van der Waals surface area (Å²) < 4.78 is 5.80. The van der Waals surface area contributed by atoms with E-state index in [-0.39, 0.29) is 5.41 Å². The Bertz CT molecular complexity index is 468. The number of nitrogens with one attached hydrogen (secondary N) is 1. The molecule has 2 N–H and O–H groups in total. The second-order valence-electron chi connectivity index (χ2n) is 6.88. The third-order valence-corrected chi connectivity index (χ3v) is 5.09. The number of fused-ring (bicyclic) bond motifs is 1. The molecular formula is C17H25NO2. The Labute approximate surface area is 121 Å². The topological polar surface area (TPSA) is 41.5 Å². The lowest BCUT2D eigenvalue weighted by Gasteiger charge is -2.55. The van der Waals surface area contributed by atoms with E-state index in [1.807, 2.05) is 24.3 Å². The molecule has 3 nitrogen and oxygen atoms in total. The summed E-state index contributed by atoms with van der Waals surface area (Å²) in [5.41, 5.74) is 2.38. The third-order valence-electron chi connectivity index (χ3n) is 5.09. The van der Waals surface area contributed by atoms with E-state index in [0.717, 1.165) is 18.6 Å². The molecule has 0 amide bonds. The minimum atomic E-state index is -0.437. The van der Waals surface area contributed by atoms with Gasteiger partial charge in [-0.1, -0.05) is 43.7 Å². The number of rotatable bonds is 4. The van der Waals surface area contributed by atoms with Crippen molar-refractivity contribution < 1.29 is 9.84 Å². The fourth-order valence-corrected chi connectivity index (χ4v) is 3.88. The smallest absolute Gasteiger partial charge is 0.0914 e. The summed E-state index contributed by atoms with van der Waals surface area (Å²) >= 11 is 0. The van der Waals surface area contributed by atoms with Crippen LogP contribution in [0.15, 0.2) is 24.3 Å². The number of hydrogen-bond acceptors (Lipinski definition) is 3. The molecule has 110 valence electrons. The fourth-order valence-electron chi connectivity index (χ4n) is 3.88. The molecule has 0 unspecified atom stereocenters. The van der Waals surface area contributed by atoms with Gasteiger partial charge < -0.3 is 15.2 Å². The molecule has 1 heterocycles. The molecule has 1 aliphatic carbocycles. The quantitative estimate of drug-likeness (QED) is 0.887. The van der Waals surface area contributed by atoms with Gasteiger partial charge in [-0.25, -0.2) is 0 Å². The van der Waals surface area contributed by atoms with Crippen molar-refractivity contribution in [3.05, 3.63) is 35.4 Å². The molecule has 1 saturated heterocycles. The SMILES string of the molecule is Cc1ccc([C@H](O)CN[C@@H]2[C@@H]3CCO[C@H]3C2(C)C)cc1. The first kappa shape index (κ1) is 14.1. The van der Waals surface area contributed by atoms with Crippen molar-refractivity contribution in [2.75, 3.05) is 13.2 Å². The van der Waals surface area contributed by atoms with Gasteiger partial charge in [0.15, 0.2) is 0 Å². The lowest BCUT2D eigenvalue weighted by Crippen LogP contribution is -2.66. The van der Waals surface area contributed by atoms with Crippen LogP contribution in [0.3, 0.4) is 0 Å². The van der Waals surface area contributed by atoms with Crippen LogP contribution in [0.4, 0.5) is 0 Å². The van der Waals surface area contributed by atoms with E-state index in [2.05, 4.69) is 26.1 Å². The van der Waals surface area contributed by atoms with Crippen LogP contribution >= 0.6 is 0 Å². The minimum Gasteiger partial charge on any atom is -0.387 e. The van der Waals surface area contributed by atoms with Gasteiger partial charge >= 0.3 is 0 Å². The van der Waals surface area contributed by atoms with Crippen LogP contribution in [0.5, 0.6) is 0 Å². The average Bonchev–Trinajstić information content (AvgIpc) is 2.86. The van der Waals surface area contributed by atoms with Crippen molar-refractivity contribution in [3.63, 3.8) is 0 Å². The summed E-state index contributed by atoms with van der Waals surface area (Å²) in [6.07, 6.45) is 1.11. The molecular weight excluding hydrogens is 250 g/mol. The lowest BCUT2D eigenvalue weighted by molar-refractivity contribution is -0.114. The zero-order valence-corrected chi connectivity index (χ0v) is 12.6. The van der Waals surface area contributed by atoms with E-state index < -0.39 is 6.10 Å². The first-order valence-electron chi connectivity index (χ1n) is 7.60. The molecule has 1 aromatic rings. The maximum atomic E-state index is 10.3. The van der Waals surface area contributed by atoms with Crippen molar-refractivity contribution in [1.82, 2.24) is 5.32 Å². The largest absolute Gasteiger partial charge is 0.387 e. The molecule has 1 aliphatic heterocycles. The van der Waals surface area contributed by atoms with Gasteiger partial charge in [0.05, 0.1) is 12.2 Å². The third kappa shape index (κ3) is 2.28. The van der Waals surface area contributed by atoms with E-state index in [4.69, 9.17) is 4.74 Å². The van der Waals surface area contributed by atoms with Gasteiger partial charge in [-0.05, 0) is 18.9 Å². The van der Waals surface area contributed by atoms with E-state index in [0.29, 0.717) is 24.6 Å². The molecule has 20 heavy (non-hydrogen) atoms. The summed E-state index contributed by atoms with van der Waals surface area (Å²) in [5, 5.41) is 13.9. The second-order valence-corrected chi connectivity index (χ2v) is 6.88. The monoisotopic (exact) mass is 275 g/mol. The van der Waals surface area contributed by atoms with Gasteiger partial charge in [-0.3, -0.25) is 0 Å². The van der Waals surface area contributed by atoms with Gasteiger partial charge in [-0.15, -0.1) is 0 Å². The maximum absolute atomic E-state index is 10.3. The normalized spacial score (nSPS) is 32.5. The number of benzene rings is 1. The summed E-state index contributed by atoms with van der Waals surface area (Å²) in [6.45, 7) is 8.08. The van der Waals surface area contributed by atoms with Gasteiger partial charge in [0.2, 0.25) is 0 Å². The zero-order chi connectivity index (χ0) is 14.3. The second kappa shape index (κ2) is 5.14. The molecule has 0 spiro atoms. The molecule has 0 bridgehead atoms. The van der Waals surface area contributed by atoms with Crippen molar-refractivity contribution in [2.45, 2.75) is 45.4 Å². The van der Waals surface area contributed by atoms with Crippen molar-refractivity contribution in [2.24, 2.45) is 11.3 Å². The highest BCUT2D eigenvalue weighted by Gasteiger charge is 2.58. The van der Waals surface area contributed by atoms with E-state index in [1.165, 1.54) is 5.56 Å². The molecule has 3 rings (SSSR count).